The normalized spacial score (nSPS) is 20.1. The molecule has 2 aromatic rings. The Morgan fingerprint density at radius 1 is 1.10 bits per heavy atom. The molecule has 0 saturated carbocycles. The van der Waals surface area contributed by atoms with E-state index >= 15 is 0 Å². The summed E-state index contributed by atoms with van der Waals surface area (Å²) in [5.74, 6) is 0. The maximum atomic E-state index is 5.80. The lowest BCUT2D eigenvalue weighted by atomic mass is 9.89. The fraction of sp³-hybridized carbons (Fsp3) is 0.429. The Morgan fingerprint density at radius 2 is 1.90 bits per heavy atom. The number of nitrogens with two attached hydrogens (primary N) is 1. The van der Waals surface area contributed by atoms with Crippen LogP contribution in [0, 0.1) is 6.92 Å². The number of hydrogen-bond acceptors (Lipinski definition) is 3. The van der Waals surface area contributed by atoms with E-state index in [4.69, 9.17) is 5.73 Å². The lowest BCUT2D eigenvalue weighted by Gasteiger charge is -2.28. The number of thioether (sulfide) groups is 1. The molecule has 1 unspecified atom stereocenters. The molecule has 1 heterocycles. The maximum absolute atomic E-state index is 5.80. The molecule has 0 aromatic heterocycles. The molecule has 0 fully saturated rings. The molecule has 3 N–H and O–H groups in total. The minimum absolute atomic E-state index is 0.328. The molecule has 2 nitrogen and oxygen atoms in total. The molecule has 1 aliphatic carbocycles. The van der Waals surface area contributed by atoms with E-state index in [1.54, 1.807) is 11.1 Å². The van der Waals surface area contributed by atoms with Crippen molar-refractivity contribution in [3.8, 4) is 0 Å². The Balaban J connectivity index is 1.52. The van der Waals surface area contributed by atoms with Gasteiger partial charge in [0.2, 0.25) is 0 Å². The quantitative estimate of drug-likeness (QED) is 0.522. The summed E-state index contributed by atoms with van der Waals surface area (Å²) in [6.45, 7) is 7.34. The highest BCUT2D eigenvalue weighted by molar-refractivity contribution is 8.10. The summed E-state index contributed by atoms with van der Waals surface area (Å²) in [5.41, 5.74) is 17.2. The van der Waals surface area contributed by atoms with E-state index in [9.17, 15) is 0 Å². The number of fused-ring (bicyclic) bond motifs is 2. The molecule has 164 valence electrons. The van der Waals surface area contributed by atoms with Crippen LogP contribution in [-0.4, -0.2) is 6.54 Å². The standard InChI is InChI=1S/C28H36N2S/c1-4-28(24-11-10-21-8-6-5-7-9-23(21)15-24)31-18-26-16-25-14-19(2)22(12-13-29)17-27(25)20(3)30-26/h4,10-11,14-15,17-18,20,30H,5-9,12-13,16,29H2,1-3H3/b26-18-,28-4-. The second-order valence-electron chi connectivity index (χ2n) is 9.02. The summed E-state index contributed by atoms with van der Waals surface area (Å²) in [6.07, 6.45) is 10.7. The summed E-state index contributed by atoms with van der Waals surface area (Å²) < 4.78 is 0. The van der Waals surface area contributed by atoms with Gasteiger partial charge in [0.15, 0.2) is 0 Å². The molecule has 0 saturated heterocycles. The minimum atomic E-state index is 0.328. The third-order valence-corrected chi connectivity index (χ3v) is 7.86. The van der Waals surface area contributed by atoms with Gasteiger partial charge in [-0.25, -0.2) is 0 Å². The summed E-state index contributed by atoms with van der Waals surface area (Å²) in [7, 11) is 0. The van der Waals surface area contributed by atoms with Crippen molar-refractivity contribution in [2.24, 2.45) is 5.73 Å². The van der Waals surface area contributed by atoms with Crippen LogP contribution in [-0.2, 0) is 25.7 Å². The molecular formula is C28H36N2S. The van der Waals surface area contributed by atoms with Crippen molar-refractivity contribution in [2.75, 3.05) is 6.54 Å². The van der Waals surface area contributed by atoms with Gasteiger partial charge in [0, 0.05) is 23.1 Å². The molecule has 1 atom stereocenters. The highest BCUT2D eigenvalue weighted by Gasteiger charge is 2.20. The van der Waals surface area contributed by atoms with Gasteiger partial charge in [-0.3, -0.25) is 0 Å². The SMILES string of the molecule is C/C=C(\S/C=C1/Cc2cc(C)c(CCN)cc2C(C)N1)c1ccc2c(c1)CCCCC2. The zero-order valence-corrected chi connectivity index (χ0v) is 20.1. The summed E-state index contributed by atoms with van der Waals surface area (Å²) in [4.78, 5) is 1.34. The van der Waals surface area contributed by atoms with Crippen molar-refractivity contribution in [2.45, 2.75) is 71.8 Å². The Labute approximate surface area is 192 Å². The van der Waals surface area contributed by atoms with Gasteiger partial charge in [-0.15, -0.1) is 0 Å². The van der Waals surface area contributed by atoms with Crippen LogP contribution in [0.2, 0.25) is 0 Å². The van der Waals surface area contributed by atoms with E-state index in [-0.39, 0.29) is 0 Å². The molecule has 1 aliphatic heterocycles. The number of rotatable bonds is 5. The van der Waals surface area contributed by atoms with Crippen molar-refractivity contribution >= 4 is 16.7 Å². The fourth-order valence-corrected chi connectivity index (χ4v) is 5.82. The Bertz CT molecular complexity index is 1000. The van der Waals surface area contributed by atoms with Crippen LogP contribution < -0.4 is 11.1 Å². The first-order chi connectivity index (χ1) is 15.1. The monoisotopic (exact) mass is 432 g/mol. The molecule has 0 radical (unpaired) electrons. The zero-order chi connectivity index (χ0) is 21.8. The molecule has 31 heavy (non-hydrogen) atoms. The van der Waals surface area contributed by atoms with E-state index < -0.39 is 0 Å². The summed E-state index contributed by atoms with van der Waals surface area (Å²) >= 11 is 1.85. The fourth-order valence-electron chi connectivity index (χ4n) is 5.00. The highest BCUT2D eigenvalue weighted by atomic mass is 32.2. The molecule has 2 aliphatic rings. The van der Waals surface area contributed by atoms with Crippen molar-refractivity contribution in [3.63, 3.8) is 0 Å². The smallest absolute Gasteiger partial charge is 0.0485 e. The van der Waals surface area contributed by atoms with E-state index in [2.05, 4.69) is 67.9 Å². The maximum Gasteiger partial charge on any atom is 0.0485 e. The van der Waals surface area contributed by atoms with Gasteiger partial charge < -0.3 is 11.1 Å². The molecule has 0 bridgehead atoms. The Hall–Kier alpha value is -1.97. The third-order valence-electron chi connectivity index (χ3n) is 6.73. The van der Waals surface area contributed by atoms with E-state index in [1.807, 2.05) is 11.8 Å². The van der Waals surface area contributed by atoms with Gasteiger partial charge in [-0.2, -0.15) is 0 Å². The van der Waals surface area contributed by atoms with Crippen LogP contribution in [0.1, 0.15) is 78.1 Å². The van der Waals surface area contributed by atoms with Gasteiger partial charge in [-0.05, 0) is 104 Å². The van der Waals surface area contributed by atoms with E-state index in [1.165, 1.54) is 70.5 Å². The van der Waals surface area contributed by atoms with Gasteiger partial charge in [0.05, 0.1) is 0 Å². The van der Waals surface area contributed by atoms with E-state index in [0.717, 1.165) is 12.8 Å². The first-order valence-corrected chi connectivity index (χ1v) is 12.7. The Kier molecular flexibility index (Phi) is 7.24. The van der Waals surface area contributed by atoms with Crippen LogP contribution in [0.25, 0.3) is 4.91 Å². The predicted octanol–water partition coefficient (Wildman–Crippen LogP) is 6.61. The molecule has 0 amide bonds. The third kappa shape index (κ3) is 5.10. The second-order valence-corrected chi connectivity index (χ2v) is 9.93. The number of nitrogens with one attached hydrogen (secondary N) is 1. The van der Waals surface area contributed by atoms with Crippen molar-refractivity contribution in [1.29, 1.82) is 0 Å². The van der Waals surface area contributed by atoms with Gasteiger partial charge in [0.1, 0.15) is 0 Å². The summed E-state index contributed by atoms with van der Waals surface area (Å²) in [5, 5.41) is 6.06. The van der Waals surface area contributed by atoms with Crippen LogP contribution >= 0.6 is 11.8 Å². The first-order valence-electron chi connectivity index (χ1n) is 11.8. The number of hydrogen-bond donors (Lipinski definition) is 2. The van der Waals surface area contributed by atoms with Crippen molar-refractivity contribution in [1.82, 2.24) is 5.32 Å². The largest absolute Gasteiger partial charge is 0.381 e. The molecule has 4 rings (SSSR count). The lowest BCUT2D eigenvalue weighted by molar-refractivity contribution is 0.605. The average Bonchev–Trinajstić information content (AvgIpc) is 3.00. The van der Waals surface area contributed by atoms with Crippen molar-refractivity contribution < 1.29 is 0 Å². The van der Waals surface area contributed by atoms with Gasteiger partial charge in [-0.1, -0.05) is 54.6 Å². The molecule has 2 aromatic carbocycles. The lowest BCUT2D eigenvalue weighted by Crippen LogP contribution is -2.26. The summed E-state index contributed by atoms with van der Waals surface area (Å²) in [6, 6.07) is 12.2. The van der Waals surface area contributed by atoms with Gasteiger partial charge >= 0.3 is 0 Å². The van der Waals surface area contributed by atoms with Crippen LogP contribution in [0.4, 0.5) is 0 Å². The first kappa shape index (κ1) is 22.2. The Morgan fingerprint density at radius 3 is 2.68 bits per heavy atom. The molecule has 0 spiro atoms. The minimum Gasteiger partial charge on any atom is -0.381 e. The van der Waals surface area contributed by atoms with Crippen LogP contribution in [0.15, 0.2) is 47.5 Å². The topological polar surface area (TPSA) is 38.0 Å². The molecule has 3 heteroatoms. The van der Waals surface area contributed by atoms with E-state index in [0.29, 0.717) is 12.6 Å². The van der Waals surface area contributed by atoms with Gasteiger partial charge in [0.25, 0.3) is 0 Å². The zero-order valence-electron chi connectivity index (χ0n) is 19.3. The average molecular weight is 433 g/mol. The number of aryl methyl sites for hydroxylation is 3. The van der Waals surface area contributed by atoms with Crippen molar-refractivity contribution in [3.05, 3.63) is 86.5 Å². The second kappa shape index (κ2) is 10.1. The highest BCUT2D eigenvalue weighted by Crippen LogP contribution is 2.35. The van der Waals surface area contributed by atoms with Crippen LogP contribution in [0.3, 0.4) is 0 Å². The van der Waals surface area contributed by atoms with Crippen LogP contribution in [0.5, 0.6) is 0 Å². The predicted molar refractivity (Wildman–Crippen MR) is 136 cm³/mol. The molecular weight excluding hydrogens is 396 g/mol. The number of benzene rings is 2. The number of allylic oxidation sites excluding steroid dienone is 2.